The molecule has 1 rings (SSSR count). The minimum absolute atomic E-state index is 0.185. The molecule has 0 spiro atoms. The third-order valence-corrected chi connectivity index (χ3v) is 2.83. The first-order valence-electron chi connectivity index (χ1n) is 6.53. The highest BCUT2D eigenvalue weighted by molar-refractivity contribution is 6.28. The summed E-state index contributed by atoms with van der Waals surface area (Å²) in [5.74, 6) is 2.19. The molecule has 0 aromatic rings. The van der Waals surface area contributed by atoms with Crippen molar-refractivity contribution >= 4 is 18.0 Å². The van der Waals surface area contributed by atoms with Gasteiger partial charge in [-0.1, -0.05) is 0 Å². The van der Waals surface area contributed by atoms with Crippen LogP contribution in [0, 0.1) is 0 Å². The van der Waals surface area contributed by atoms with Crippen molar-refractivity contribution in [2.75, 3.05) is 6.54 Å². The maximum absolute atomic E-state index is 12.1. The Hall–Kier alpha value is -1.87. The van der Waals surface area contributed by atoms with Crippen LogP contribution in [-0.2, 0) is 19.1 Å². The number of amides is 1. The third-order valence-electron chi connectivity index (χ3n) is 2.83. The van der Waals surface area contributed by atoms with E-state index < -0.39 is 29.9 Å². The Morgan fingerprint density at radius 3 is 2.43 bits per heavy atom. The average molecular weight is 303 g/mol. The van der Waals surface area contributed by atoms with Gasteiger partial charge in [0, 0.05) is 19.0 Å². The molecular formula is C12H21N3O6. The van der Waals surface area contributed by atoms with Crippen molar-refractivity contribution < 1.29 is 29.0 Å². The van der Waals surface area contributed by atoms with Crippen LogP contribution >= 0.6 is 0 Å². The zero-order chi connectivity index (χ0) is 16.2. The summed E-state index contributed by atoms with van der Waals surface area (Å²) in [5, 5.41) is 8.60. The minimum atomic E-state index is -1.72. The number of rotatable bonds is 2. The van der Waals surface area contributed by atoms with Crippen LogP contribution in [-0.4, -0.2) is 52.5 Å². The Kier molecular flexibility index (Phi) is 5.50. The summed E-state index contributed by atoms with van der Waals surface area (Å²) < 4.78 is 10.0. The van der Waals surface area contributed by atoms with Gasteiger partial charge in [-0.3, -0.25) is 16.2 Å². The molecule has 1 saturated heterocycles. The fraction of sp³-hybridized carbons (Fsp3) is 0.750. The average Bonchev–Trinajstić information content (AvgIpc) is 2.36. The second-order valence-electron chi connectivity index (χ2n) is 5.73. The summed E-state index contributed by atoms with van der Waals surface area (Å²) in [6, 6.07) is -0.185. The molecule has 1 aliphatic rings. The molecule has 0 saturated carbocycles. The normalized spacial score (nSPS) is 22.6. The number of carbonyl (C=O) groups is 3. The van der Waals surface area contributed by atoms with Crippen molar-refractivity contribution in [3.63, 3.8) is 0 Å². The Labute approximate surface area is 122 Å². The highest BCUT2D eigenvalue weighted by Crippen LogP contribution is 2.21. The summed E-state index contributed by atoms with van der Waals surface area (Å²) in [6.45, 7) is 5.35. The second kappa shape index (κ2) is 6.72. The fourth-order valence-electron chi connectivity index (χ4n) is 1.89. The van der Waals surface area contributed by atoms with Gasteiger partial charge in [0.05, 0.1) is 0 Å². The van der Waals surface area contributed by atoms with Gasteiger partial charge in [-0.2, -0.15) is 0 Å². The van der Waals surface area contributed by atoms with E-state index in [9.17, 15) is 14.4 Å². The van der Waals surface area contributed by atoms with Crippen LogP contribution in [0.15, 0.2) is 0 Å². The molecule has 9 heteroatoms. The van der Waals surface area contributed by atoms with Crippen molar-refractivity contribution in [2.24, 2.45) is 5.84 Å². The number of piperidine rings is 1. The Balaban J connectivity index is 2.80. The number of carbonyl (C=O) groups excluding carboxylic acids is 2. The van der Waals surface area contributed by atoms with Crippen LogP contribution < -0.4 is 11.3 Å². The first-order chi connectivity index (χ1) is 9.64. The van der Waals surface area contributed by atoms with Crippen LogP contribution in [0.5, 0.6) is 0 Å². The number of carboxylic acid groups (broad SMARTS) is 1. The molecule has 0 radical (unpaired) electrons. The topological polar surface area (TPSA) is 131 Å². The van der Waals surface area contributed by atoms with Crippen LogP contribution in [0.4, 0.5) is 4.79 Å². The maximum atomic E-state index is 12.1. The molecule has 120 valence electrons. The van der Waals surface area contributed by atoms with Gasteiger partial charge in [-0.25, -0.2) is 14.4 Å². The predicted molar refractivity (Wildman–Crippen MR) is 70.8 cm³/mol. The van der Waals surface area contributed by atoms with E-state index in [0.717, 1.165) is 0 Å². The van der Waals surface area contributed by atoms with Crippen LogP contribution in [0.25, 0.3) is 0 Å². The number of esters is 1. The molecule has 0 aromatic heterocycles. The van der Waals surface area contributed by atoms with E-state index in [-0.39, 0.29) is 19.0 Å². The molecule has 1 amide bonds. The highest BCUT2D eigenvalue weighted by atomic mass is 16.6. The largest absolute Gasteiger partial charge is 0.473 e. The Bertz CT molecular complexity index is 420. The number of hydrazine groups is 1. The molecule has 0 aliphatic carbocycles. The quantitative estimate of drug-likeness (QED) is 0.277. The summed E-state index contributed by atoms with van der Waals surface area (Å²) in [4.78, 5) is 35.1. The number of nitrogens with one attached hydrogen (secondary N) is 1. The van der Waals surface area contributed by atoms with Crippen molar-refractivity contribution in [1.29, 1.82) is 0 Å². The van der Waals surface area contributed by atoms with Crippen LogP contribution in [0.1, 0.15) is 33.6 Å². The van der Waals surface area contributed by atoms with Gasteiger partial charge in [0.15, 0.2) is 6.23 Å². The van der Waals surface area contributed by atoms with Gasteiger partial charge in [-0.15, -0.1) is 0 Å². The summed E-state index contributed by atoms with van der Waals surface area (Å²) >= 11 is 0. The number of nitrogens with zero attached hydrogens (tertiary/aromatic N) is 1. The van der Waals surface area contributed by atoms with Crippen molar-refractivity contribution in [3.8, 4) is 0 Å². The van der Waals surface area contributed by atoms with Crippen LogP contribution in [0.3, 0.4) is 0 Å². The second-order valence-corrected chi connectivity index (χ2v) is 5.73. The van der Waals surface area contributed by atoms with E-state index >= 15 is 0 Å². The van der Waals surface area contributed by atoms with Gasteiger partial charge >= 0.3 is 18.0 Å². The molecular weight excluding hydrogens is 282 g/mol. The molecule has 0 aromatic carbocycles. The lowest BCUT2D eigenvalue weighted by Crippen LogP contribution is -2.55. The van der Waals surface area contributed by atoms with E-state index in [1.165, 1.54) is 4.90 Å². The lowest BCUT2D eigenvalue weighted by molar-refractivity contribution is -0.175. The predicted octanol–water partition coefficient (Wildman–Crippen LogP) is -0.197. The smallest absolute Gasteiger partial charge is 0.419 e. The molecule has 9 nitrogen and oxygen atoms in total. The van der Waals surface area contributed by atoms with Gasteiger partial charge in [-0.05, 0) is 27.2 Å². The third kappa shape index (κ3) is 5.20. The molecule has 1 fully saturated rings. The monoisotopic (exact) mass is 303 g/mol. The van der Waals surface area contributed by atoms with E-state index in [2.05, 4.69) is 5.43 Å². The Morgan fingerprint density at radius 1 is 1.33 bits per heavy atom. The molecule has 0 unspecified atom stereocenters. The van der Waals surface area contributed by atoms with E-state index in [0.29, 0.717) is 6.42 Å². The molecule has 0 bridgehead atoms. The SMILES string of the molecule is CC(C)(C)OC(=O)N1CC[C@H](NN)C[C@H]1OC(=O)C(=O)O. The van der Waals surface area contributed by atoms with Crippen molar-refractivity contribution in [3.05, 3.63) is 0 Å². The van der Waals surface area contributed by atoms with E-state index in [1.54, 1.807) is 20.8 Å². The standard InChI is InChI=1S/C12H21N3O6/c1-12(2,3)21-11(19)15-5-4-7(14-13)6-8(15)20-10(18)9(16)17/h7-8,14H,4-6,13H2,1-3H3,(H,16,17)/t7-,8+/m0/s1. The number of ether oxygens (including phenoxy) is 2. The highest BCUT2D eigenvalue weighted by Gasteiger charge is 2.37. The lowest BCUT2D eigenvalue weighted by atomic mass is 10.0. The summed E-state index contributed by atoms with van der Waals surface area (Å²) in [6.07, 6.45) is -0.967. The number of likely N-dealkylation sites (tertiary alicyclic amines) is 1. The number of nitrogens with two attached hydrogens (primary N) is 1. The minimum Gasteiger partial charge on any atom is -0.473 e. The molecule has 1 aliphatic heterocycles. The number of aliphatic carboxylic acids is 1. The van der Waals surface area contributed by atoms with Gasteiger partial charge < -0.3 is 14.6 Å². The first-order valence-corrected chi connectivity index (χ1v) is 6.53. The molecule has 4 N–H and O–H groups in total. The van der Waals surface area contributed by atoms with Crippen molar-refractivity contribution in [2.45, 2.75) is 51.5 Å². The van der Waals surface area contributed by atoms with E-state index in [1.807, 2.05) is 0 Å². The fourth-order valence-corrected chi connectivity index (χ4v) is 1.89. The summed E-state index contributed by atoms with van der Waals surface area (Å²) in [7, 11) is 0. The number of hydrogen-bond acceptors (Lipinski definition) is 7. The van der Waals surface area contributed by atoms with E-state index in [4.69, 9.17) is 20.4 Å². The van der Waals surface area contributed by atoms with Gasteiger partial charge in [0.1, 0.15) is 5.60 Å². The zero-order valence-corrected chi connectivity index (χ0v) is 12.3. The summed E-state index contributed by atoms with van der Waals surface area (Å²) in [5.41, 5.74) is 1.82. The molecule has 2 atom stereocenters. The Morgan fingerprint density at radius 2 is 1.95 bits per heavy atom. The first kappa shape index (κ1) is 17.2. The maximum Gasteiger partial charge on any atom is 0.419 e. The number of carboxylic acids is 1. The number of hydrogen-bond donors (Lipinski definition) is 3. The molecule has 1 heterocycles. The zero-order valence-electron chi connectivity index (χ0n) is 12.3. The van der Waals surface area contributed by atoms with Crippen LogP contribution in [0.2, 0.25) is 0 Å². The van der Waals surface area contributed by atoms with Gasteiger partial charge in [0.2, 0.25) is 0 Å². The van der Waals surface area contributed by atoms with Crippen molar-refractivity contribution in [1.82, 2.24) is 10.3 Å². The lowest BCUT2D eigenvalue weighted by Gasteiger charge is -2.38. The van der Waals surface area contributed by atoms with Gasteiger partial charge in [0.25, 0.3) is 0 Å². The molecule has 21 heavy (non-hydrogen) atoms.